The summed E-state index contributed by atoms with van der Waals surface area (Å²) >= 11 is 0. The Bertz CT molecular complexity index is 345. The van der Waals surface area contributed by atoms with E-state index in [4.69, 9.17) is 10.2 Å². The minimum Gasteiger partial charge on any atom is -0.432 e. The van der Waals surface area contributed by atoms with E-state index in [1.807, 2.05) is 13.8 Å². The van der Waals surface area contributed by atoms with Crippen LogP contribution in [-0.4, -0.2) is 48.6 Å². The summed E-state index contributed by atoms with van der Waals surface area (Å²) in [4.78, 5) is 21.1. The van der Waals surface area contributed by atoms with Crippen LogP contribution >= 0.6 is 0 Å². The second kappa shape index (κ2) is 37.2. The molecule has 4 nitrogen and oxygen atoms in total. The molecule has 4 N–H and O–H groups in total. The second-order valence-electron chi connectivity index (χ2n) is 11.6. The summed E-state index contributed by atoms with van der Waals surface area (Å²) < 4.78 is 0. The van der Waals surface area contributed by atoms with Gasteiger partial charge in [-0.2, -0.15) is 0 Å². The van der Waals surface area contributed by atoms with Crippen LogP contribution in [-0.2, 0) is 26.2 Å². The SMILES string of the molecule is CCC(C)O.CCC(C)O.CCCC[Si](O)(CCCC)CCCC.CCCC[Si](O)(CCCC)CCCC.[Zr]. The first-order chi connectivity index (χ1) is 17.9. The summed E-state index contributed by atoms with van der Waals surface area (Å²) in [5, 5.41) is 16.7. The maximum Gasteiger partial charge on any atom is 0.188 e. The van der Waals surface area contributed by atoms with Crippen molar-refractivity contribution in [1.82, 2.24) is 0 Å². The zero-order valence-corrected chi connectivity index (χ0v) is 33.0. The van der Waals surface area contributed by atoms with Gasteiger partial charge in [0.2, 0.25) is 0 Å². The van der Waals surface area contributed by atoms with Gasteiger partial charge in [0.1, 0.15) is 0 Å². The van der Waals surface area contributed by atoms with Crippen molar-refractivity contribution in [1.29, 1.82) is 0 Å². The summed E-state index contributed by atoms with van der Waals surface area (Å²) in [5.41, 5.74) is 0. The second-order valence-corrected chi connectivity index (χ2v) is 19.5. The van der Waals surface area contributed by atoms with Gasteiger partial charge < -0.3 is 19.8 Å². The average molecular weight is 672 g/mol. The Morgan fingerprint density at radius 3 is 0.615 bits per heavy atom. The maximum atomic E-state index is 10.5. The number of hydrogen-bond acceptors (Lipinski definition) is 4. The van der Waals surface area contributed by atoms with E-state index in [1.54, 1.807) is 13.8 Å². The van der Waals surface area contributed by atoms with Crippen LogP contribution in [0.15, 0.2) is 0 Å². The van der Waals surface area contributed by atoms with Gasteiger partial charge in [-0.25, -0.2) is 0 Å². The Balaban J connectivity index is -0.000000145. The molecule has 0 fully saturated rings. The van der Waals surface area contributed by atoms with Crippen molar-refractivity contribution in [3.8, 4) is 0 Å². The molecule has 7 heteroatoms. The molecule has 0 aromatic heterocycles. The van der Waals surface area contributed by atoms with Gasteiger partial charge in [-0.3, -0.25) is 0 Å². The molecule has 0 saturated heterocycles. The van der Waals surface area contributed by atoms with E-state index in [1.165, 1.54) is 77.0 Å². The van der Waals surface area contributed by atoms with Crippen LogP contribution in [0.25, 0.3) is 0 Å². The van der Waals surface area contributed by atoms with Crippen LogP contribution in [0, 0.1) is 0 Å². The van der Waals surface area contributed by atoms with Crippen molar-refractivity contribution in [2.24, 2.45) is 0 Å². The predicted octanol–water partition coefficient (Wildman–Crippen LogP) is 10.2. The third kappa shape index (κ3) is 43.7. The molecule has 0 aliphatic heterocycles. The monoisotopic (exact) mass is 670 g/mol. The summed E-state index contributed by atoms with van der Waals surface area (Å²) in [6.07, 6.45) is 16.3. The molecule has 39 heavy (non-hydrogen) atoms. The van der Waals surface area contributed by atoms with E-state index in [0.29, 0.717) is 0 Å². The molecule has 0 rings (SSSR count). The molecule has 0 spiro atoms. The standard InChI is InChI=1S/2C12H28OSi.2C4H10O.Zr/c2*1-4-7-10-14(13,11-8-5-2)12-9-6-3;2*1-3-4(2)5;/h2*13H,4-12H2,1-3H3;2*4-5H,3H2,1-2H3;. The normalized spacial score (nSPS) is 12.5. The molecular formula is C32H76O4Si2Zr. The average Bonchev–Trinajstić information content (AvgIpc) is 2.91. The molecule has 0 aromatic carbocycles. The van der Waals surface area contributed by atoms with Crippen molar-refractivity contribution in [3.63, 3.8) is 0 Å². The molecule has 0 aromatic rings. The van der Waals surface area contributed by atoms with E-state index in [2.05, 4.69) is 41.5 Å². The zero-order chi connectivity index (χ0) is 30.3. The summed E-state index contributed by atoms with van der Waals surface area (Å²) in [7, 11) is -3.62. The summed E-state index contributed by atoms with van der Waals surface area (Å²) in [5.74, 6) is 0. The van der Waals surface area contributed by atoms with Gasteiger partial charge in [-0.15, -0.1) is 0 Å². The smallest absolute Gasteiger partial charge is 0.188 e. The molecule has 0 amide bonds. The van der Waals surface area contributed by atoms with Crippen molar-refractivity contribution in [2.45, 2.75) is 208 Å². The third-order valence-corrected chi connectivity index (χ3v) is 14.9. The van der Waals surface area contributed by atoms with Gasteiger partial charge in [0.15, 0.2) is 16.6 Å². The largest absolute Gasteiger partial charge is 0.432 e. The van der Waals surface area contributed by atoms with Crippen molar-refractivity contribution >= 4 is 16.6 Å². The Labute approximate surface area is 269 Å². The fourth-order valence-electron chi connectivity index (χ4n) is 3.79. The Kier molecular flexibility index (Phi) is 47.5. The van der Waals surface area contributed by atoms with Crippen LogP contribution < -0.4 is 0 Å². The Hall–Kier alpha value is 1.16. The van der Waals surface area contributed by atoms with Crippen LogP contribution in [0.3, 0.4) is 0 Å². The Morgan fingerprint density at radius 2 is 0.538 bits per heavy atom. The summed E-state index contributed by atoms with van der Waals surface area (Å²) in [6, 6.07) is 6.85. The maximum absolute atomic E-state index is 10.5. The first-order valence-electron chi connectivity index (χ1n) is 16.7. The molecule has 0 radical (unpaired) electrons. The molecule has 0 saturated carbocycles. The quantitative estimate of drug-likeness (QED) is 0.0971. The molecule has 0 aliphatic rings. The van der Waals surface area contributed by atoms with Gasteiger partial charge >= 0.3 is 0 Å². The van der Waals surface area contributed by atoms with Crippen LogP contribution in [0.4, 0.5) is 0 Å². The third-order valence-electron chi connectivity index (χ3n) is 7.16. The van der Waals surface area contributed by atoms with Crippen molar-refractivity contribution in [2.75, 3.05) is 0 Å². The molecule has 2 atom stereocenters. The van der Waals surface area contributed by atoms with Crippen molar-refractivity contribution in [3.05, 3.63) is 0 Å². The van der Waals surface area contributed by atoms with Gasteiger partial charge in [0.25, 0.3) is 0 Å². The first-order valence-corrected chi connectivity index (χ1v) is 21.9. The van der Waals surface area contributed by atoms with Crippen LogP contribution in [0.2, 0.25) is 36.3 Å². The molecular weight excluding hydrogens is 596 g/mol. The molecule has 0 heterocycles. The van der Waals surface area contributed by atoms with E-state index in [-0.39, 0.29) is 38.4 Å². The van der Waals surface area contributed by atoms with E-state index in [0.717, 1.165) is 49.1 Å². The van der Waals surface area contributed by atoms with Crippen LogP contribution in [0.5, 0.6) is 0 Å². The summed E-state index contributed by atoms with van der Waals surface area (Å²) in [6.45, 7) is 20.8. The van der Waals surface area contributed by atoms with Gasteiger partial charge in [0.05, 0.1) is 12.2 Å². The Morgan fingerprint density at radius 1 is 0.410 bits per heavy atom. The minimum absolute atomic E-state index is 0. The first kappa shape index (κ1) is 49.8. The number of unbranched alkanes of at least 4 members (excludes halogenated alkanes) is 6. The molecule has 0 aliphatic carbocycles. The van der Waals surface area contributed by atoms with Gasteiger partial charge in [0, 0.05) is 26.2 Å². The van der Waals surface area contributed by atoms with E-state index < -0.39 is 16.6 Å². The number of aliphatic hydroxyl groups is 2. The van der Waals surface area contributed by atoms with Crippen molar-refractivity contribution < 1.29 is 46.0 Å². The molecule has 2 unspecified atom stereocenters. The fourth-order valence-corrected chi connectivity index (χ4v) is 11.4. The minimum atomic E-state index is -1.81. The van der Waals surface area contributed by atoms with Gasteiger partial charge in [-0.05, 0) is 63.0 Å². The number of aliphatic hydroxyl groups excluding tert-OH is 2. The topological polar surface area (TPSA) is 80.9 Å². The fraction of sp³-hybridized carbons (Fsp3) is 1.00. The zero-order valence-electron chi connectivity index (χ0n) is 28.6. The van der Waals surface area contributed by atoms with Crippen LogP contribution in [0.1, 0.15) is 159 Å². The molecule has 0 bridgehead atoms. The number of rotatable bonds is 20. The van der Waals surface area contributed by atoms with Gasteiger partial charge in [-0.1, -0.05) is 132 Å². The predicted molar refractivity (Wildman–Crippen MR) is 178 cm³/mol. The molecule has 240 valence electrons. The van der Waals surface area contributed by atoms with E-state index in [9.17, 15) is 9.59 Å². The van der Waals surface area contributed by atoms with E-state index >= 15 is 0 Å². The number of hydrogen-bond donors (Lipinski definition) is 4.